The maximum absolute atomic E-state index is 12.9. The Balaban J connectivity index is 1.41. The second-order valence-corrected chi connectivity index (χ2v) is 8.81. The number of carbonyl (C=O) groups excluding carboxylic acids is 3. The summed E-state index contributed by atoms with van der Waals surface area (Å²) < 4.78 is 0. The predicted molar refractivity (Wildman–Crippen MR) is 140 cm³/mol. The number of benzene rings is 3. The lowest BCUT2D eigenvalue weighted by molar-refractivity contribution is -0.120. The van der Waals surface area contributed by atoms with Gasteiger partial charge in [-0.05, 0) is 73.9 Å². The molecule has 35 heavy (non-hydrogen) atoms. The molecule has 3 aromatic rings. The zero-order valence-corrected chi connectivity index (χ0v) is 20.4. The summed E-state index contributed by atoms with van der Waals surface area (Å²) in [6.07, 6.45) is 3.30. The molecule has 3 amide bonds. The van der Waals surface area contributed by atoms with Crippen molar-refractivity contribution in [1.82, 2.24) is 0 Å². The highest BCUT2D eigenvalue weighted by Gasteiger charge is 2.38. The first-order valence-electron chi connectivity index (χ1n) is 11.5. The Bertz CT molecular complexity index is 1280. The third-order valence-electron chi connectivity index (χ3n) is 5.77. The molecule has 0 atom stereocenters. The van der Waals surface area contributed by atoms with Gasteiger partial charge in [0.15, 0.2) is 0 Å². The molecule has 0 saturated carbocycles. The summed E-state index contributed by atoms with van der Waals surface area (Å²) in [5, 5.41) is 5.63. The molecule has 3 aromatic carbocycles. The largest absolute Gasteiger partial charge is 0.350 e. The van der Waals surface area contributed by atoms with E-state index >= 15 is 0 Å². The molecule has 0 spiro atoms. The van der Waals surface area contributed by atoms with E-state index in [1.54, 1.807) is 36.4 Å². The molecule has 0 bridgehead atoms. The molecule has 6 nitrogen and oxygen atoms in total. The topological polar surface area (TPSA) is 78.5 Å². The number of aryl methyl sites for hydroxylation is 2. The maximum Gasteiger partial charge on any atom is 0.283 e. The van der Waals surface area contributed by atoms with Crippen LogP contribution in [0.5, 0.6) is 0 Å². The monoisotopic (exact) mass is 487 g/mol. The number of amides is 3. The average molecular weight is 488 g/mol. The van der Waals surface area contributed by atoms with Crippen molar-refractivity contribution in [2.24, 2.45) is 0 Å². The highest BCUT2D eigenvalue weighted by atomic mass is 35.5. The van der Waals surface area contributed by atoms with Crippen LogP contribution in [0, 0.1) is 6.92 Å². The van der Waals surface area contributed by atoms with E-state index in [9.17, 15) is 14.4 Å². The Hall–Kier alpha value is -3.90. The number of nitrogens with zero attached hydrogens (tertiary/aromatic N) is 1. The van der Waals surface area contributed by atoms with Gasteiger partial charge in [0, 0.05) is 16.9 Å². The molecule has 1 aliphatic rings. The second-order valence-electron chi connectivity index (χ2n) is 8.43. The first-order chi connectivity index (χ1) is 16.9. The summed E-state index contributed by atoms with van der Waals surface area (Å²) in [5.74, 6) is -1.36. The molecule has 7 heteroatoms. The van der Waals surface area contributed by atoms with Crippen LogP contribution in [0.1, 0.15) is 41.3 Å². The molecule has 1 heterocycles. The molecule has 1 aliphatic heterocycles. The van der Waals surface area contributed by atoms with Crippen LogP contribution in [0.2, 0.25) is 0 Å². The number of imide groups is 1. The van der Waals surface area contributed by atoms with Crippen LogP contribution in [-0.4, -0.2) is 17.7 Å². The van der Waals surface area contributed by atoms with Crippen molar-refractivity contribution in [3.05, 3.63) is 100 Å². The summed E-state index contributed by atoms with van der Waals surface area (Å²) in [6.45, 7) is 4.08. The fourth-order valence-electron chi connectivity index (χ4n) is 3.73. The number of hydrogen-bond acceptors (Lipinski definition) is 4. The van der Waals surface area contributed by atoms with E-state index in [4.69, 9.17) is 11.6 Å². The van der Waals surface area contributed by atoms with Gasteiger partial charge in [-0.15, -0.1) is 0 Å². The highest BCUT2D eigenvalue weighted by Crippen LogP contribution is 2.30. The van der Waals surface area contributed by atoms with Gasteiger partial charge in [0.1, 0.15) is 10.7 Å². The van der Waals surface area contributed by atoms with E-state index in [1.165, 1.54) is 5.56 Å². The van der Waals surface area contributed by atoms with Crippen molar-refractivity contribution in [2.45, 2.75) is 33.1 Å². The minimum Gasteiger partial charge on any atom is -0.350 e. The van der Waals surface area contributed by atoms with Gasteiger partial charge in [-0.1, -0.05) is 54.8 Å². The Kier molecular flexibility index (Phi) is 7.32. The van der Waals surface area contributed by atoms with E-state index in [2.05, 4.69) is 17.6 Å². The molecule has 4 rings (SSSR count). The fourth-order valence-corrected chi connectivity index (χ4v) is 3.94. The second kappa shape index (κ2) is 10.6. The number of rotatable bonds is 8. The minimum absolute atomic E-state index is 0.00222. The van der Waals surface area contributed by atoms with Crippen LogP contribution in [0.25, 0.3) is 0 Å². The standard InChI is InChI=1S/C28H26ClN3O3/c1-3-4-5-19-8-12-22(13-9-19)31-26(33)20-10-14-21(15-11-20)30-25-24(29)27(34)32(28(25)35)23-16-6-18(2)7-17-23/h6-17,30H,3-5H2,1-2H3,(H,31,33). The third kappa shape index (κ3) is 5.44. The fraction of sp³-hybridized carbons (Fsp3) is 0.179. The Morgan fingerprint density at radius 2 is 1.49 bits per heavy atom. The average Bonchev–Trinajstić information content (AvgIpc) is 3.07. The molecular weight excluding hydrogens is 462 g/mol. The Morgan fingerprint density at radius 3 is 2.11 bits per heavy atom. The lowest BCUT2D eigenvalue weighted by Gasteiger charge is -2.15. The van der Waals surface area contributed by atoms with Crippen LogP contribution in [-0.2, 0) is 16.0 Å². The molecule has 0 saturated heterocycles. The normalized spacial score (nSPS) is 13.4. The summed E-state index contributed by atoms with van der Waals surface area (Å²) in [4.78, 5) is 39.2. The summed E-state index contributed by atoms with van der Waals surface area (Å²) in [5.41, 5.74) is 4.42. The molecule has 0 aliphatic carbocycles. The van der Waals surface area contributed by atoms with Crippen LogP contribution in [0.3, 0.4) is 0 Å². The predicted octanol–water partition coefficient (Wildman–Crippen LogP) is 6.03. The highest BCUT2D eigenvalue weighted by molar-refractivity contribution is 6.53. The molecule has 0 fully saturated rings. The van der Waals surface area contributed by atoms with Crippen molar-refractivity contribution < 1.29 is 14.4 Å². The van der Waals surface area contributed by atoms with Gasteiger partial charge < -0.3 is 10.6 Å². The zero-order valence-electron chi connectivity index (χ0n) is 19.6. The maximum atomic E-state index is 12.9. The van der Waals surface area contributed by atoms with Gasteiger partial charge in [0.2, 0.25) is 0 Å². The van der Waals surface area contributed by atoms with Crippen LogP contribution < -0.4 is 15.5 Å². The first kappa shape index (κ1) is 24.2. The Morgan fingerprint density at radius 1 is 0.857 bits per heavy atom. The zero-order chi connectivity index (χ0) is 24.9. The molecular formula is C28H26ClN3O3. The molecule has 2 N–H and O–H groups in total. The van der Waals surface area contributed by atoms with Crippen LogP contribution in [0.15, 0.2) is 83.5 Å². The van der Waals surface area contributed by atoms with Gasteiger partial charge in [-0.2, -0.15) is 0 Å². The minimum atomic E-state index is -0.584. The quantitative estimate of drug-likeness (QED) is 0.380. The van der Waals surface area contributed by atoms with Crippen LogP contribution >= 0.6 is 11.6 Å². The van der Waals surface area contributed by atoms with E-state index in [-0.39, 0.29) is 16.6 Å². The Labute approximate surface area is 209 Å². The van der Waals surface area contributed by atoms with Crippen molar-refractivity contribution in [3.63, 3.8) is 0 Å². The van der Waals surface area contributed by atoms with E-state index in [0.29, 0.717) is 16.9 Å². The van der Waals surface area contributed by atoms with Gasteiger partial charge in [-0.25, -0.2) is 4.90 Å². The smallest absolute Gasteiger partial charge is 0.283 e. The molecule has 178 valence electrons. The van der Waals surface area contributed by atoms with Crippen molar-refractivity contribution >= 4 is 46.4 Å². The summed E-state index contributed by atoms with van der Waals surface area (Å²) >= 11 is 6.20. The van der Waals surface area contributed by atoms with Gasteiger partial charge in [-0.3, -0.25) is 14.4 Å². The number of nitrogens with one attached hydrogen (secondary N) is 2. The SMILES string of the molecule is CCCCc1ccc(NC(=O)c2ccc(NC3=C(Cl)C(=O)N(c4ccc(C)cc4)C3=O)cc2)cc1. The number of hydrogen-bond donors (Lipinski definition) is 2. The number of unbranched alkanes of at least 4 members (excludes halogenated alkanes) is 1. The molecule has 0 unspecified atom stereocenters. The lowest BCUT2D eigenvalue weighted by Crippen LogP contribution is -2.32. The first-order valence-corrected chi connectivity index (χ1v) is 11.9. The van der Waals surface area contributed by atoms with Crippen molar-refractivity contribution in [1.29, 1.82) is 0 Å². The van der Waals surface area contributed by atoms with Crippen molar-refractivity contribution in [3.8, 4) is 0 Å². The molecule has 0 aromatic heterocycles. The van der Waals surface area contributed by atoms with E-state index in [0.717, 1.165) is 35.4 Å². The summed E-state index contributed by atoms with van der Waals surface area (Å²) in [7, 11) is 0. The van der Waals surface area contributed by atoms with Crippen molar-refractivity contribution in [2.75, 3.05) is 15.5 Å². The lowest BCUT2D eigenvalue weighted by atomic mass is 10.1. The summed E-state index contributed by atoms with van der Waals surface area (Å²) in [6, 6.07) is 21.5. The van der Waals surface area contributed by atoms with Crippen LogP contribution in [0.4, 0.5) is 17.1 Å². The van der Waals surface area contributed by atoms with Gasteiger partial charge >= 0.3 is 0 Å². The van der Waals surface area contributed by atoms with Gasteiger partial charge in [0.05, 0.1) is 5.69 Å². The van der Waals surface area contributed by atoms with E-state index in [1.807, 2.05) is 43.3 Å². The third-order valence-corrected chi connectivity index (χ3v) is 6.12. The number of carbonyl (C=O) groups is 3. The number of anilines is 3. The van der Waals surface area contributed by atoms with Gasteiger partial charge in [0.25, 0.3) is 17.7 Å². The number of halogens is 1. The van der Waals surface area contributed by atoms with E-state index < -0.39 is 11.8 Å². The molecule has 0 radical (unpaired) electrons.